The van der Waals surface area contributed by atoms with Gasteiger partial charge in [-0.2, -0.15) is 0 Å². The molecule has 4 rings (SSSR count). The summed E-state index contributed by atoms with van der Waals surface area (Å²) in [6, 6.07) is 22.7. The van der Waals surface area contributed by atoms with Gasteiger partial charge in [-0.05, 0) is 74.3 Å². The van der Waals surface area contributed by atoms with Gasteiger partial charge in [-0.1, -0.05) is 48.9 Å². The number of benzene rings is 3. The monoisotopic (exact) mass is 461 g/mol. The number of aromatic nitrogens is 1. The first-order valence-electron chi connectivity index (χ1n) is 11.7. The van der Waals surface area contributed by atoms with E-state index < -0.39 is 0 Å². The molecular formula is C28H32ClN3O. The standard InChI is InChI=1S/C28H32ClN3O/c1-3-16-32(18-14-21-8-5-4-6-9-21)17-7-15-30-28-24-12-10-22(29)19-27(24)31-26-13-11-23(33-2)20-25(26)28/h4-6,8-13,19-20H,3,7,14-18H2,1-2H3,(H,30,31). The Morgan fingerprint density at radius 1 is 0.909 bits per heavy atom. The predicted molar refractivity (Wildman–Crippen MR) is 141 cm³/mol. The highest BCUT2D eigenvalue weighted by molar-refractivity contribution is 6.31. The van der Waals surface area contributed by atoms with Crippen LogP contribution in [-0.4, -0.2) is 43.2 Å². The van der Waals surface area contributed by atoms with Crippen molar-refractivity contribution in [1.29, 1.82) is 0 Å². The Labute approximate surface area is 201 Å². The minimum Gasteiger partial charge on any atom is -0.497 e. The molecule has 0 aliphatic rings. The molecule has 0 fully saturated rings. The topological polar surface area (TPSA) is 37.4 Å². The summed E-state index contributed by atoms with van der Waals surface area (Å²) in [5, 5.41) is 6.55. The van der Waals surface area contributed by atoms with E-state index in [1.807, 2.05) is 24.3 Å². The quantitative estimate of drug-likeness (QED) is 0.197. The maximum absolute atomic E-state index is 6.25. The van der Waals surface area contributed by atoms with Crippen LogP contribution in [0.3, 0.4) is 0 Å². The summed E-state index contributed by atoms with van der Waals surface area (Å²) in [6.45, 7) is 6.43. The Balaban J connectivity index is 1.47. The molecule has 5 heteroatoms. The molecule has 0 spiro atoms. The lowest BCUT2D eigenvalue weighted by molar-refractivity contribution is 0.276. The van der Waals surface area contributed by atoms with Crippen LogP contribution < -0.4 is 10.1 Å². The summed E-state index contributed by atoms with van der Waals surface area (Å²) in [6.07, 6.45) is 3.33. The number of anilines is 1. The van der Waals surface area contributed by atoms with Crippen LogP contribution in [0.2, 0.25) is 5.02 Å². The molecule has 1 N–H and O–H groups in total. The maximum atomic E-state index is 6.25. The molecule has 172 valence electrons. The smallest absolute Gasteiger partial charge is 0.119 e. The van der Waals surface area contributed by atoms with Gasteiger partial charge in [0.15, 0.2) is 0 Å². The largest absolute Gasteiger partial charge is 0.497 e. The molecule has 0 unspecified atom stereocenters. The van der Waals surface area contributed by atoms with E-state index in [0.29, 0.717) is 5.02 Å². The zero-order valence-electron chi connectivity index (χ0n) is 19.5. The highest BCUT2D eigenvalue weighted by atomic mass is 35.5. The van der Waals surface area contributed by atoms with Crippen molar-refractivity contribution in [3.8, 4) is 5.75 Å². The minimum absolute atomic E-state index is 0.697. The van der Waals surface area contributed by atoms with Crippen LogP contribution in [0, 0.1) is 0 Å². The number of hydrogen-bond acceptors (Lipinski definition) is 4. The van der Waals surface area contributed by atoms with Crippen molar-refractivity contribution >= 4 is 39.1 Å². The molecular weight excluding hydrogens is 430 g/mol. The minimum atomic E-state index is 0.697. The third-order valence-corrected chi connectivity index (χ3v) is 6.23. The second-order valence-corrected chi connectivity index (χ2v) is 8.83. The van der Waals surface area contributed by atoms with Crippen LogP contribution in [0.25, 0.3) is 21.8 Å². The fraction of sp³-hybridized carbons (Fsp3) is 0.321. The molecule has 4 aromatic rings. The van der Waals surface area contributed by atoms with Crippen LogP contribution >= 0.6 is 11.6 Å². The number of halogens is 1. The Kier molecular flexibility index (Phi) is 8.03. The van der Waals surface area contributed by atoms with Crippen LogP contribution in [0.4, 0.5) is 5.69 Å². The van der Waals surface area contributed by atoms with Crippen molar-refractivity contribution in [3.63, 3.8) is 0 Å². The zero-order valence-corrected chi connectivity index (χ0v) is 20.2. The number of hydrogen-bond donors (Lipinski definition) is 1. The third kappa shape index (κ3) is 5.95. The molecule has 0 bridgehead atoms. The van der Waals surface area contributed by atoms with E-state index in [2.05, 4.69) is 59.6 Å². The summed E-state index contributed by atoms with van der Waals surface area (Å²) in [5.41, 5.74) is 4.33. The zero-order chi connectivity index (χ0) is 23.0. The summed E-state index contributed by atoms with van der Waals surface area (Å²) >= 11 is 6.25. The van der Waals surface area contributed by atoms with Crippen molar-refractivity contribution in [2.45, 2.75) is 26.2 Å². The fourth-order valence-electron chi connectivity index (χ4n) is 4.31. The molecule has 3 aromatic carbocycles. The number of pyridine rings is 1. The predicted octanol–water partition coefficient (Wildman–Crippen LogP) is 6.81. The van der Waals surface area contributed by atoms with Crippen molar-refractivity contribution in [1.82, 2.24) is 9.88 Å². The second kappa shape index (κ2) is 11.4. The first-order chi connectivity index (χ1) is 16.2. The van der Waals surface area contributed by atoms with Crippen LogP contribution in [-0.2, 0) is 6.42 Å². The molecule has 0 radical (unpaired) electrons. The van der Waals surface area contributed by atoms with Gasteiger partial charge < -0.3 is 15.0 Å². The average Bonchev–Trinajstić information content (AvgIpc) is 2.84. The molecule has 33 heavy (non-hydrogen) atoms. The van der Waals surface area contributed by atoms with Gasteiger partial charge in [-0.25, -0.2) is 4.98 Å². The van der Waals surface area contributed by atoms with Gasteiger partial charge in [0.2, 0.25) is 0 Å². The van der Waals surface area contributed by atoms with E-state index in [9.17, 15) is 0 Å². The number of rotatable bonds is 11. The second-order valence-electron chi connectivity index (χ2n) is 8.39. The van der Waals surface area contributed by atoms with Crippen molar-refractivity contribution < 1.29 is 4.74 Å². The first kappa shape index (κ1) is 23.3. The number of fused-ring (bicyclic) bond motifs is 2. The normalized spacial score (nSPS) is 11.4. The van der Waals surface area contributed by atoms with Gasteiger partial charge in [0, 0.05) is 28.9 Å². The first-order valence-corrected chi connectivity index (χ1v) is 12.1. The van der Waals surface area contributed by atoms with Crippen molar-refractivity contribution in [2.75, 3.05) is 38.6 Å². The van der Waals surface area contributed by atoms with Gasteiger partial charge in [-0.3, -0.25) is 0 Å². The third-order valence-electron chi connectivity index (χ3n) is 6.00. The van der Waals surface area contributed by atoms with Gasteiger partial charge in [0.05, 0.1) is 23.8 Å². The van der Waals surface area contributed by atoms with E-state index in [1.165, 1.54) is 12.0 Å². The molecule has 0 aliphatic carbocycles. The van der Waals surface area contributed by atoms with Gasteiger partial charge in [0.1, 0.15) is 5.75 Å². The van der Waals surface area contributed by atoms with Crippen LogP contribution in [0.1, 0.15) is 25.3 Å². The van der Waals surface area contributed by atoms with Gasteiger partial charge in [-0.15, -0.1) is 0 Å². The van der Waals surface area contributed by atoms with Crippen LogP contribution in [0.15, 0.2) is 66.7 Å². The molecule has 0 saturated heterocycles. The Bertz CT molecular complexity index is 1200. The number of methoxy groups -OCH3 is 1. The average molecular weight is 462 g/mol. The lowest BCUT2D eigenvalue weighted by Crippen LogP contribution is -2.29. The number of ether oxygens (including phenoxy) is 1. The summed E-state index contributed by atoms with van der Waals surface area (Å²) in [5.74, 6) is 0.829. The maximum Gasteiger partial charge on any atom is 0.119 e. The van der Waals surface area contributed by atoms with Crippen molar-refractivity contribution in [2.24, 2.45) is 0 Å². The highest BCUT2D eigenvalue weighted by Gasteiger charge is 2.11. The summed E-state index contributed by atoms with van der Waals surface area (Å²) < 4.78 is 5.47. The number of nitrogens with one attached hydrogen (secondary N) is 1. The van der Waals surface area contributed by atoms with E-state index in [0.717, 1.165) is 72.3 Å². The molecule has 0 amide bonds. The van der Waals surface area contributed by atoms with Crippen LogP contribution in [0.5, 0.6) is 5.75 Å². The van der Waals surface area contributed by atoms with Gasteiger partial charge >= 0.3 is 0 Å². The summed E-state index contributed by atoms with van der Waals surface area (Å²) in [7, 11) is 1.69. The van der Waals surface area contributed by atoms with Crippen molar-refractivity contribution in [3.05, 3.63) is 77.3 Å². The Morgan fingerprint density at radius 3 is 2.55 bits per heavy atom. The fourth-order valence-corrected chi connectivity index (χ4v) is 4.48. The lowest BCUT2D eigenvalue weighted by atomic mass is 10.1. The highest BCUT2D eigenvalue weighted by Crippen LogP contribution is 2.34. The molecule has 0 atom stereocenters. The molecule has 1 heterocycles. The van der Waals surface area contributed by atoms with E-state index in [1.54, 1.807) is 7.11 Å². The molecule has 4 nitrogen and oxygen atoms in total. The Hall–Kier alpha value is -2.82. The Morgan fingerprint density at radius 2 is 1.76 bits per heavy atom. The number of nitrogens with zero attached hydrogens (tertiary/aromatic N) is 2. The van der Waals surface area contributed by atoms with E-state index in [4.69, 9.17) is 21.3 Å². The lowest BCUT2D eigenvalue weighted by Gasteiger charge is -2.22. The molecule has 0 saturated carbocycles. The molecule has 1 aromatic heterocycles. The SMILES string of the molecule is CCCN(CCCNc1c2ccc(Cl)cc2nc2ccc(OC)cc12)CCc1ccccc1. The van der Waals surface area contributed by atoms with E-state index >= 15 is 0 Å². The van der Waals surface area contributed by atoms with E-state index in [-0.39, 0.29) is 0 Å². The van der Waals surface area contributed by atoms with Gasteiger partial charge in [0.25, 0.3) is 0 Å². The molecule has 0 aliphatic heterocycles. The summed E-state index contributed by atoms with van der Waals surface area (Å²) in [4.78, 5) is 7.39.